The molecule has 1 aromatic carbocycles. The monoisotopic (exact) mass is 237 g/mol. The quantitative estimate of drug-likeness (QED) is 0.749. The highest BCUT2D eigenvalue weighted by atomic mass is 16.3. The van der Waals surface area contributed by atoms with Crippen LogP contribution in [0.25, 0.3) is 0 Å². The van der Waals surface area contributed by atoms with Gasteiger partial charge in [0, 0.05) is 6.54 Å². The maximum Gasteiger partial charge on any atom is 0.106 e. The lowest BCUT2D eigenvalue weighted by molar-refractivity contribution is 0.0239. The predicted octanol–water partition coefficient (Wildman–Crippen LogP) is 1.65. The Labute approximate surface area is 103 Å². The minimum absolute atomic E-state index is 0.0236. The van der Waals surface area contributed by atoms with Crippen LogP contribution in [0.2, 0.25) is 0 Å². The third kappa shape index (κ3) is 3.28. The van der Waals surface area contributed by atoms with E-state index in [1.54, 1.807) is 0 Å². The van der Waals surface area contributed by atoms with Crippen LogP contribution in [0.5, 0.6) is 0 Å². The summed E-state index contributed by atoms with van der Waals surface area (Å²) in [6.07, 6.45) is -1.83. The lowest BCUT2D eigenvalue weighted by Gasteiger charge is -2.24. The summed E-state index contributed by atoms with van der Waals surface area (Å²) in [6, 6.07) is 5.99. The Bertz CT molecular complexity index is 382. The Morgan fingerprint density at radius 2 is 1.82 bits per heavy atom. The molecule has 1 rings (SSSR count). The molecule has 0 aliphatic carbocycles. The number of aryl methyl sites for hydroxylation is 1. The minimum atomic E-state index is -0.915. The second kappa shape index (κ2) is 5.17. The van der Waals surface area contributed by atoms with Crippen molar-refractivity contribution in [3.05, 3.63) is 34.9 Å². The first kappa shape index (κ1) is 14.2. The van der Waals surface area contributed by atoms with Crippen molar-refractivity contribution in [3.8, 4) is 0 Å². The van der Waals surface area contributed by atoms with E-state index >= 15 is 0 Å². The topological polar surface area (TPSA) is 66.5 Å². The van der Waals surface area contributed by atoms with E-state index in [4.69, 9.17) is 5.73 Å². The summed E-state index contributed by atoms with van der Waals surface area (Å²) in [6.45, 7) is 8.34. The first-order valence-electron chi connectivity index (χ1n) is 5.94. The van der Waals surface area contributed by atoms with Gasteiger partial charge in [0.2, 0.25) is 0 Å². The van der Waals surface area contributed by atoms with E-state index in [-0.39, 0.29) is 12.0 Å². The lowest BCUT2D eigenvalue weighted by atomic mass is 9.84. The molecule has 1 aromatic rings. The molecule has 3 heteroatoms. The number of hydrogen-bond donors (Lipinski definition) is 3. The molecule has 0 aliphatic heterocycles. The van der Waals surface area contributed by atoms with Gasteiger partial charge in [-0.3, -0.25) is 0 Å². The molecule has 0 radical (unpaired) electrons. The lowest BCUT2D eigenvalue weighted by Crippen LogP contribution is -2.28. The predicted molar refractivity (Wildman–Crippen MR) is 69.9 cm³/mol. The van der Waals surface area contributed by atoms with E-state index in [1.165, 1.54) is 0 Å². The van der Waals surface area contributed by atoms with E-state index in [1.807, 2.05) is 19.1 Å². The van der Waals surface area contributed by atoms with Crippen molar-refractivity contribution >= 4 is 0 Å². The number of benzene rings is 1. The number of aliphatic hydroxyl groups is 2. The summed E-state index contributed by atoms with van der Waals surface area (Å²) >= 11 is 0. The van der Waals surface area contributed by atoms with Gasteiger partial charge in [-0.1, -0.05) is 39.0 Å². The largest absolute Gasteiger partial charge is 0.389 e. The van der Waals surface area contributed by atoms with Crippen molar-refractivity contribution in [2.75, 3.05) is 6.54 Å². The van der Waals surface area contributed by atoms with Crippen molar-refractivity contribution in [2.45, 2.75) is 45.3 Å². The zero-order chi connectivity index (χ0) is 13.2. The minimum Gasteiger partial charge on any atom is -0.389 e. The second-order valence-electron chi connectivity index (χ2n) is 5.57. The summed E-state index contributed by atoms with van der Waals surface area (Å²) in [5, 5.41) is 19.7. The van der Waals surface area contributed by atoms with Gasteiger partial charge in [0.25, 0.3) is 0 Å². The molecule has 0 heterocycles. The zero-order valence-corrected chi connectivity index (χ0v) is 11.1. The molecule has 0 saturated heterocycles. The highest BCUT2D eigenvalue weighted by Crippen LogP contribution is 2.28. The van der Waals surface area contributed by atoms with Crippen LogP contribution in [0.1, 0.15) is 43.6 Å². The molecule has 0 amide bonds. The van der Waals surface area contributed by atoms with Crippen LogP contribution in [0, 0.1) is 6.92 Å². The average molecular weight is 237 g/mol. The highest BCUT2D eigenvalue weighted by molar-refractivity contribution is 5.36. The zero-order valence-electron chi connectivity index (χ0n) is 11.1. The van der Waals surface area contributed by atoms with Gasteiger partial charge in [0.05, 0.1) is 6.10 Å². The maximum absolute atomic E-state index is 10.0. The van der Waals surface area contributed by atoms with Crippen LogP contribution in [-0.4, -0.2) is 22.9 Å². The van der Waals surface area contributed by atoms with Gasteiger partial charge >= 0.3 is 0 Å². The molecule has 4 N–H and O–H groups in total. The van der Waals surface area contributed by atoms with Gasteiger partial charge in [-0.05, 0) is 29.0 Å². The maximum atomic E-state index is 10.0. The van der Waals surface area contributed by atoms with Gasteiger partial charge in [-0.2, -0.15) is 0 Å². The van der Waals surface area contributed by atoms with Crippen molar-refractivity contribution < 1.29 is 10.2 Å². The molecule has 2 unspecified atom stereocenters. The van der Waals surface area contributed by atoms with Gasteiger partial charge in [-0.25, -0.2) is 0 Å². The Morgan fingerprint density at radius 1 is 1.24 bits per heavy atom. The van der Waals surface area contributed by atoms with Crippen molar-refractivity contribution in [1.29, 1.82) is 0 Å². The van der Waals surface area contributed by atoms with Crippen LogP contribution in [0.3, 0.4) is 0 Å². The van der Waals surface area contributed by atoms with Crippen LogP contribution >= 0.6 is 0 Å². The first-order chi connectivity index (χ1) is 7.77. The summed E-state index contributed by atoms with van der Waals surface area (Å²) in [5.41, 5.74) is 8.27. The van der Waals surface area contributed by atoms with Crippen LogP contribution < -0.4 is 5.73 Å². The number of hydrogen-bond acceptors (Lipinski definition) is 3. The van der Waals surface area contributed by atoms with Crippen LogP contribution in [0.4, 0.5) is 0 Å². The number of rotatable bonds is 3. The molecule has 0 saturated carbocycles. The number of aliphatic hydroxyl groups excluding tert-OH is 2. The smallest absolute Gasteiger partial charge is 0.106 e. The third-order valence-corrected chi connectivity index (χ3v) is 3.07. The normalized spacial score (nSPS) is 15.7. The fraction of sp³-hybridized carbons (Fsp3) is 0.571. The van der Waals surface area contributed by atoms with E-state index < -0.39 is 12.2 Å². The molecular formula is C14H23NO2. The summed E-state index contributed by atoms with van der Waals surface area (Å²) < 4.78 is 0. The molecule has 0 fully saturated rings. The molecule has 0 bridgehead atoms. The Kier molecular flexibility index (Phi) is 4.31. The van der Waals surface area contributed by atoms with Crippen LogP contribution in [-0.2, 0) is 5.41 Å². The third-order valence-electron chi connectivity index (χ3n) is 3.07. The summed E-state index contributed by atoms with van der Waals surface area (Å²) in [5.74, 6) is 0. The Hall–Kier alpha value is -0.900. The number of nitrogens with two attached hydrogens (primary N) is 1. The average Bonchev–Trinajstić information content (AvgIpc) is 2.26. The summed E-state index contributed by atoms with van der Waals surface area (Å²) in [7, 11) is 0. The molecule has 0 aliphatic rings. The molecule has 3 nitrogen and oxygen atoms in total. The van der Waals surface area contributed by atoms with Crippen molar-refractivity contribution in [2.24, 2.45) is 5.73 Å². The molecule has 2 atom stereocenters. The van der Waals surface area contributed by atoms with E-state index in [9.17, 15) is 10.2 Å². The van der Waals surface area contributed by atoms with Gasteiger partial charge in [0.15, 0.2) is 0 Å². The molecule has 96 valence electrons. The molecular weight excluding hydrogens is 214 g/mol. The van der Waals surface area contributed by atoms with Crippen molar-refractivity contribution in [1.82, 2.24) is 0 Å². The van der Waals surface area contributed by atoms with Gasteiger partial charge in [-0.15, -0.1) is 0 Å². The Morgan fingerprint density at radius 3 is 2.29 bits per heavy atom. The standard InChI is InChI=1S/C14H23NO2/c1-9-5-6-10(14(2,3)4)7-11(9)13(17)12(16)8-15/h5-7,12-13,16-17H,8,15H2,1-4H3. The van der Waals surface area contributed by atoms with Crippen molar-refractivity contribution in [3.63, 3.8) is 0 Å². The molecule has 0 spiro atoms. The van der Waals surface area contributed by atoms with E-state index in [2.05, 4.69) is 26.8 Å². The summed E-state index contributed by atoms with van der Waals surface area (Å²) in [4.78, 5) is 0. The second-order valence-corrected chi connectivity index (χ2v) is 5.57. The SMILES string of the molecule is Cc1ccc(C(C)(C)C)cc1C(O)C(O)CN. The highest BCUT2D eigenvalue weighted by Gasteiger charge is 2.21. The Balaban J connectivity index is 3.15. The van der Waals surface area contributed by atoms with Gasteiger partial charge in [0.1, 0.15) is 6.10 Å². The molecule has 0 aromatic heterocycles. The van der Waals surface area contributed by atoms with E-state index in [0.29, 0.717) is 0 Å². The van der Waals surface area contributed by atoms with Crippen LogP contribution in [0.15, 0.2) is 18.2 Å². The fourth-order valence-corrected chi connectivity index (χ4v) is 1.76. The molecule has 17 heavy (non-hydrogen) atoms. The fourth-order valence-electron chi connectivity index (χ4n) is 1.76. The first-order valence-corrected chi connectivity index (χ1v) is 5.94. The van der Waals surface area contributed by atoms with Gasteiger partial charge < -0.3 is 15.9 Å². The van der Waals surface area contributed by atoms with E-state index in [0.717, 1.165) is 16.7 Å².